The molecule has 1 heterocycles. The van der Waals surface area contributed by atoms with Crippen molar-refractivity contribution in [2.75, 3.05) is 6.54 Å². The van der Waals surface area contributed by atoms with E-state index < -0.39 is 5.97 Å². The fraction of sp³-hybridized carbons (Fsp3) is 0.250. The number of fused-ring (bicyclic) bond motifs is 1. The zero-order chi connectivity index (χ0) is 11.7. The molecular weight excluding hydrogens is 226 g/mol. The Hall–Kier alpha value is -1.32. The van der Waals surface area contributed by atoms with E-state index >= 15 is 0 Å². The van der Waals surface area contributed by atoms with Crippen LogP contribution in [0, 0.1) is 0 Å². The molecule has 1 aliphatic rings. The lowest BCUT2D eigenvalue weighted by Crippen LogP contribution is -2.17. The van der Waals surface area contributed by atoms with Crippen LogP contribution >= 0.6 is 11.6 Å². The number of nitrogens with zero attached hydrogens (tertiary/aromatic N) is 1. The van der Waals surface area contributed by atoms with Crippen molar-refractivity contribution in [3.05, 3.63) is 46.5 Å². The molecule has 16 heavy (non-hydrogen) atoms. The third-order valence-electron chi connectivity index (χ3n) is 2.64. The first-order valence-electron chi connectivity index (χ1n) is 4.97. The smallest absolute Gasteiger partial charge is 0.335 e. The van der Waals surface area contributed by atoms with Crippen molar-refractivity contribution in [1.82, 2.24) is 4.90 Å². The van der Waals surface area contributed by atoms with Gasteiger partial charge >= 0.3 is 5.97 Å². The molecular formula is C12H12ClNO2. The number of carboxylic acids is 1. The monoisotopic (exact) mass is 237 g/mol. The highest BCUT2D eigenvalue weighted by atomic mass is 35.5. The molecule has 1 aromatic carbocycles. The summed E-state index contributed by atoms with van der Waals surface area (Å²) in [6.07, 6.45) is 0. The normalized spacial score (nSPS) is 14.8. The Labute approximate surface area is 98.9 Å². The summed E-state index contributed by atoms with van der Waals surface area (Å²) in [5.74, 6) is -0.886. The molecule has 0 bridgehead atoms. The molecule has 1 aromatic rings. The van der Waals surface area contributed by atoms with Crippen molar-refractivity contribution in [3.8, 4) is 0 Å². The van der Waals surface area contributed by atoms with E-state index in [4.69, 9.17) is 16.7 Å². The molecule has 84 valence electrons. The molecule has 3 nitrogen and oxygen atoms in total. The summed E-state index contributed by atoms with van der Waals surface area (Å²) in [7, 11) is 0. The maximum atomic E-state index is 10.8. The number of benzene rings is 1. The second-order valence-corrected chi connectivity index (χ2v) is 4.49. The number of carboxylic acid groups (broad SMARTS) is 1. The van der Waals surface area contributed by atoms with E-state index in [9.17, 15) is 4.79 Å². The highest BCUT2D eigenvalue weighted by molar-refractivity contribution is 6.29. The van der Waals surface area contributed by atoms with Crippen LogP contribution in [-0.4, -0.2) is 22.5 Å². The molecule has 0 aromatic heterocycles. The zero-order valence-corrected chi connectivity index (χ0v) is 9.50. The van der Waals surface area contributed by atoms with Crippen molar-refractivity contribution in [2.24, 2.45) is 0 Å². The lowest BCUT2D eigenvalue weighted by molar-refractivity contribution is 0.0697. The summed E-state index contributed by atoms with van der Waals surface area (Å²) in [5.41, 5.74) is 2.58. The van der Waals surface area contributed by atoms with Gasteiger partial charge in [-0.25, -0.2) is 4.79 Å². The van der Waals surface area contributed by atoms with Crippen molar-refractivity contribution in [3.63, 3.8) is 0 Å². The Bertz CT molecular complexity index is 456. The van der Waals surface area contributed by atoms with Gasteiger partial charge in [0.05, 0.1) is 5.56 Å². The third-order valence-corrected chi connectivity index (χ3v) is 2.76. The molecule has 1 aliphatic heterocycles. The summed E-state index contributed by atoms with van der Waals surface area (Å²) in [4.78, 5) is 12.9. The lowest BCUT2D eigenvalue weighted by atomic mass is 10.1. The summed E-state index contributed by atoms with van der Waals surface area (Å²) >= 11 is 5.75. The first kappa shape index (κ1) is 11.2. The standard InChI is InChI=1S/C12H12ClNO2/c1-8(13)5-14-6-10-3-2-9(12(15)16)4-11(10)7-14/h2-4H,1,5-7H2,(H,15,16). The molecule has 1 N–H and O–H groups in total. The Morgan fingerprint density at radius 1 is 1.44 bits per heavy atom. The van der Waals surface area contributed by atoms with Gasteiger partial charge in [-0.05, 0) is 23.3 Å². The molecule has 0 fully saturated rings. The van der Waals surface area contributed by atoms with Gasteiger partial charge in [0.25, 0.3) is 0 Å². The van der Waals surface area contributed by atoms with Crippen molar-refractivity contribution >= 4 is 17.6 Å². The molecule has 0 saturated carbocycles. The highest BCUT2D eigenvalue weighted by Gasteiger charge is 2.20. The predicted octanol–water partition coefficient (Wildman–Crippen LogP) is 2.45. The SMILES string of the molecule is C=C(Cl)CN1Cc2ccc(C(=O)O)cc2C1. The van der Waals surface area contributed by atoms with Crippen molar-refractivity contribution in [2.45, 2.75) is 13.1 Å². The van der Waals surface area contributed by atoms with Crippen LogP contribution in [0.15, 0.2) is 29.8 Å². The van der Waals surface area contributed by atoms with Gasteiger partial charge < -0.3 is 5.11 Å². The molecule has 0 atom stereocenters. The molecule has 4 heteroatoms. The van der Waals surface area contributed by atoms with E-state index in [2.05, 4.69) is 11.5 Å². The first-order chi connectivity index (χ1) is 7.56. The second kappa shape index (κ2) is 4.28. The van der Waals surface area contributed by atoms with Crippen LogP contribution < -0.4 is 0 Å². The largest absolute Gasteiger partial charge is 0.478 e. The fourth-order valence-electron chi connectivity index (χ4n) is 1.95. The number of rotatable bonds is 3. The Morgan fingerprint density at radius 3 is 2.75 bits per heavy atom. The maximum Gasteiger partial charge on any atom is 0.335 e. The van der Waals surface area contributed by atoms with E-state index in [-0.39, 0.29) is 0 Å². The fourth-order valence-corrected chi connectivity index (χ4v) is 2.12. The van der Waals surface area contributed by atoms with Gasteiger partial charge in [0, 0.05) is 24.7 Å². The molecule has 0 aliphatic carbocycles. The average molecular weight is 238 g/mol. The van der Waals surface area contributed by atoms with Gasteiger partial charge in [0.1, 0.15) is 0 Å². The second-order valence-electron chi connectivity index (χ2n) is 3.95. The van der Waals surface area contributed by atoms with Gasteiger partial charge in [-0.3, -0.25) is 4.90 Å². The van der Waals surface area contributed by atoms with E-state index in [1.54, 1.807) is 12.1 Å². The first-order valence-corrected chi connectivity index (χ1v) is 5.35. The Balaban J connectivity index is 2.18. The lowest BCUT2D eigenvalue weighted by Gasteiger charge is -2.12. The Morgan fingerprint density at radius 2 is 2.12 bits per heavy atom. The minimum atomic E-state index is -0.886. The molecule has 0 amide bonds. The molecule has 2 rings (SSSR count). The molecule has 0 spiro atoms. The van der Waals surface area contributed by atoms with E-state index in [0.717, 1.165) is 18.7 Å². The number of hydrogen-bond donors (Lipinski definition) is 1. The van der Waals surface area contributed by atoms with Crippen LogP contribution in [0.1, 0.15) is 21.5 Å². The van der Waals surface area contributed by atoms with Crippen molar-refractivity contribution < 1.29 is 9.90 Å². The third kappa shape index (κ3) is 2.26. The van der Waals surface area contributed by atoms with Crippen molar-refractivity contribution in [1.29, 1.82) is 0 Å². The van der Waals surface area contributed by atoms with Crippen LogP contribution in [-0.2, 0) is 13.1 Å². The van der Waals surface area contributed by atoms with Crippen LogP contribution in [0.3, 0.4) is 0 Å². The number of aromatic carboxylic acids is 1. The molecule has 0 saturated heterocycles. The maximum absolute atomic E-state index is 10.8. The quantitative estimate of drug-likeness (QED) is 0.878. The Kier molecular flexibility index (Phi) is 2.99. The van der Waals surface area contributed by atoms with E-state index in [1.165, 1.54) is 5.56 Å². The average Bonchev–Trinajstić information content (AvgIpc) is 2.56. The van der Waals surface area contributed by atoms with Crippen LogP contribution in [0.2, 0.25) is 0 Å². The topological polar surface area (TPSA) is 40.5 Å². The number of carbonyl (C=O) groups is 1. The van der Waals surface area contributed by atoms with Gasteiger partial charge in [-0.2, -0.15) is 0 Å². The number of halogens is 1. The van der Waals surface area contributed by atoms with Gasteiger partial charge in [0.15, 0.2) is 0 Å². The highest BCUT2D eigenvalue weighted by Crippen LogP contribution is 2.24. The summed E-state index contributed by atoms with van der Waals surface area (Å²) in [6.45, 7) is 5.84. The summed E-state index contributed by atoms with van der Waals surface area (Å²) in [6, 6.07) is 5.24. The minimum absolute atomic E-state index is 0.338. The number of hydrogen-bond acceptors (Lipinski definition) is 2. The van der Waals surface area contributed by atoms with E-state index in [1.807, 2.05) is 6.07 Å². The van der Waals surface area contributed by atoms with E-state index in [0.29, 0.717) is 17.1 Å². The zero-order valence-electron chi connectivity index (χ0n) is 8.74. The van der Waals surface area contributed by atoms with Crippen LogP contribution in [0.4, 0.5) is 0 Å². The summed E-state index contributed by atoms with van der Waals surface area (Å²) in [5, 5.41) is 9.48. The molecule has 0 unspecified atom stereocenters. The van der Waals surface area contributed by atoms with Gasteiger partial charge in [-0.15, -0.1) is 0 Å². The summed E-state index contributed by atoms with van der Waals surface area (Å²) < 4.78 is 0. The minimum Gasteiger partial charge on any atom is -0.478 e. The molecule has 0 radical (unpaired) electrons. The van der Waals surface area contributed by atoms with Gasteiger partial charge in [0.2, 0.25) is 0 Å². The van der Waals surface area contributed by atoms with Crippen LogP contribution in [0.25, 0.3) is 0 Å². The van der Waals surface area contributed by atoms with Gasteiger partial charge in [-0.1, -0.05) is 24.2 Å². The predicted molar refractivity (Wildman–Crippen MR) is 62.5 cm³/mol. The van der Waals surface area contributed by atoms with Crippen LogP contribution in [0.5, 0.6) is 0 Å².